The Balaban J connectivity index is 1.52. The number of hydrogen-bond donors (Lipinski definition) is 2. The van der Waals surface area contributed by atoms with Gasteiger partial charge in [-0.3, -0.25) is 0 Å². The summed E-state index contributed by atoms with van der Waals surface area (Å²) in [5.41, 5.74) is 5.07. The molecule has 0 aliphatic carbocycles. The minimum absolute atomic E-state index is 0.161. The van der Waals surface area contributed by atoms with Gasteiger partial charge in [0.15, 0.2) is 0 Å². The lowest BCUT2D eigenvalue weighted by Gasteiger charge is -2.32. The largest absolute Gasteiger partial charge is 0.494 e. The van der Waals surface area contributed by atoms with Gasteiger partial charge in [0.1, 0.15) is 23.0 Å². The fourth-order valence-electron chi connectivity index (χ4n) is 4.42. The summed E-state index contributed by atoms with van der Waals surface area (Å²) in [5.74, 6) is 2.20. The van der Waals surface area contributed by atoms with Crippen molar-refractivity contribution in [2.75, 3.05) is 38.4 Å². The summed E-state index contributed by atoms with van der Waals surface area (Å²) in [6, 6.07) is 16.3. The van der Waals surface area contributed by atoms with Crippen molar-refractivity contribution in [2.24, 2.45) is 0 Å². The van der Waals surface area contributed by atoms with Gasteiger partial charge < -0.3 is 24.8 Å². The van der Waals surface area contributed by atoms with Crippen molar-refractivity contribution in [3.05, 3.63) is 83.0 Å². The zero-order chi connectivity index (χ0) is 23.7. The molecule has 0 spiro atoms. The van der Waals surface area contributed by atoms with Crippen LogP contribution in [-0.2, 0) is 6.54 Å². The van der Waals surface area contributed by atoms with E-state index in [4.69, 9.17) is 26.3 Å². The van der Waals surface area contributed by atoms with E-state index in [9.17, 15) is 0 Å². The standard InChI is InChI=1S/C25H26ClN7O/c1-27-24-19-13-32(2)12-18(16-7-5-4-6-8-16)23(19)30-25(31-24)29-17-9-10-20(21(11-17)34-3)33-14-22(26)28-15-33/h4-11,14-15,18H,12-13H2,1-3H3,(H2,27,29,30,31). The number of hydrogen-bond acceptors (Lipinski definition) is 7. The molecule has 3 heterocycles. The molecule has 174 valence electrons. The molecule has 4 aromatic rings. The molecule has 2 N–H and O–H groups in total. The SMILES string of the molecule is CNc1nc(Nc2ccc(-n3cnc(Cl)c3)c(OC)c2)nc2c1CN(C)CC2c1ccccc1. The Bertz CT molecular complexity index is 1310. The van der Waals surface area contributed by atoms with Gasteiger partial charge in [0, 0.05) is 49.6 Å². The highest BCUT2D eigenvalue weighted by atomic mass is 35.5. The van der Waals surface area contributed by atoms with Crippen LogP contribution in [0.4, 0.5) is 17.5 Å². The number of rotatable bonds is 6. The number of anilines is 3. The zero-order valence-corrected chi connectivity index (χ0v) is 20.0. The molecule has 0 saturated heterocycles. The van der Waals surface area contributed by atoms with Crippen molar-refractivity contribution in [2.45, 2.75) is 12.5 Å². The first kappa shape index (κ1) is 22.2. The Kier molecular flexibility index (Phi) is 6.08. The number of halogens is 1. The van der Waals surface area contributed by atoms with E-state index in [0.29, 0.717) is 16.9 Å². The molecule has 0 bridgehead atoms. The summed E-state index contributed by atoms with van der Waals surface area (Å²) >= 11 is 5.99. The second-order valence-electron chi connectivity index (χ2n) is 8.28. The molecule has 0 radical (unpaired) electrons. The third-order valence-corrected chi connectivity index (χ3v) is 6.19. The summed E-state index contributed by atoms with van der Waals surface area (Å²) in [6.45, 7) is 1.69. The molecule has 1 aliphatic heterocycles. The monoisotopic (exact) mass is 475 g/mol. The van der Waals surface area contributed by atoms with Crippen molar-refractivity contribution in [3.8, 4) is 11.4 Å². The molecule has 8 nitrogen and oxygen atoms in total. The predicted octanol–water partition coefficient (Wildman–Crippen LogP) is 4.69. The van der Waals surface area contributed by atoms with Gasteiger partial charge in [0.05, 0.1) is 18.5 Å². The van der Waals surface area contributed by atoms with E-state index in [2.05, 4.69) is 51.8 Å². The molecule has 2 aromatic heterocycles. The second kappa shape index (κ2) is 9.32. The van der Waals surface area contributed by atoms with Crippen LogP contribution in [-0.4, -0.2) is 52.2 Å². The van der Waals surface area contributed by atoms with Crippen molar-refractivity contribution in [1.29, 1.82) is 0 Å². The number of nitrogens with zero attached hydrogens (tertiary/aromatic N) is 5. The van der Waals surface area contributed by atoms with E-state index in [1.54, 1.807) is 19.6 Å². The van der Waals surface area contributed by atoms with E-state index >= 15 is 0 Å². The van der Waals surface area contributed by atoms with Gasteiger partial charge in [0.2, 0.25) is 5.95 Å². The number of fused-ring (bicyclic) bond motifs is 1. The van der Waals surface area contributed by atoms with Crippen LogP contribution in [0.5, 0.6) is 5.75 Å². The normalized spacial score (nSPS) is 15.6. The third-order valence-electron chi connectivity index (χ3n) is 6.00. The number of methoxy groups -OCH3 is 1. The highest BCUT2D eigenvalue weighted by Crippen LogP contribution is 2.36. The average Bonchev–Trinajstić information content (AvgIpc) is 3.29. The molecule has 1 aliphatic rings. The first-order chi connectivity index (χ1) is 16.6. The van der Waals surface area contributed by atoms with Crippen molar-refractivity contribution in [3.63, 3.8) is 0 Å². The Morgan fingerprint density at radius 2 is 1.94 bits per heavy atom. The van der Waals surface area contributed by atoms with E-state index in [-0.39, 0.29) is 5.92 Å². The maximum Gasteiger partial charge on any atom is 0.229 e. The van der Waals surface area contributed by atoms with Crippen LogP contribution in [0.25, 0.3) is 5.69 Å². The highest BCUT2D eigenvalue weighted by Gasteiger charge is 2.29. The number of aromatic nitrogens is 4. The number of ether oxygens (including phenoxy) is 1. The lowest BCUT2D eigenvalue weighted by atomic mass is 9.89. The maximum absolute atomic E-state index is 5.99. The Labute approximate surface area is 203 Å². The fourth-order valence-corrected chi connectivity index (χ4v) is 4.57. The third kappa shape index (κ3) is 4.30. The van der Waals surface area contributed by atoms with Gasteiger partial charge in [0.25, 0.3) is 0 Å². The molecule has 0 fully saturated rings. The Morgan fingerprint density at radius 3 is 2.65 bits per heavy atom. The highest BCUT2D eigenvalue weighted by molar-refractivity contribution is 6.29. The second-order valence-corrected chi connectivity index (χ2v) is 8.67. The van der Waals surface area contributed by atoms with Gasteiger partial charge in [-0.25, -0.2) is 9.97 Å². The van der Waals surface area contributed by atoms with E-state index < -0.39 is 0 Å². The first-order valence-electron chi connectivity index (χ1n) is 11.0. The minimum atomic E-state index is 0.161. The van der Waals surface area contributed by atoms with Crippen LogP contribution in [0.15, 0.2) is 61.1 Å². The molecule has 34 heavy (non-hydrogen) atoms. The van der Waals surface area contributed by atoms with Crippen molar-refractivity contribution >= 4 is 29.1 Å². The summed E-state index contributed by atoms with van der Waals surface area (Å²) in [6.07, 6.45) is 3.39. The van der Waals surface area contributed by atoms with Crippen LogP contribution in [0.1, 0.15) is 22.7 Å². The average molecular weight is 476 g/mol. The quantitative estimate of drug-likeness (QED) is 0.419. The van der Waals surface area contributed by atoms with Gasteiger partial charge >= 0.3 is 0 Å². The number of benzene rings is 2. The summed E-state index contributed by atoms with van der Waals surface area (Å²) in [7, 11) is 5.66. The minimum Gasteiger partial charge on any atom is -0.494 e. The van der Waals surface area contributed by atoms with Crippen molar-refractivity contribution < 1.29 is 4.74 Å². The van der Waals surface area contributed by atoms with Crippen molar-refractivity contribution in [1.82, 2.24) is 24.4 Å². The molecule has 9 heteroatoms. The van der Waals surface area contributed by atoms with E-state index in [1.165, 1.54) is 5.56 Å². The van der Waals surface area contributed by atoms with E-state index in [1.807, 2.05) is 35.9 Å². The van der Waals surface area contributed by atoms with Crippen LogP contribution in [0.2, 0.25) is 5.15 Å². The van der Waals surface area contributed by atoms with Crippen LogP contribution in [0.3, 0.4) is 0 Å². The van der Waals surface area contributed by atoms with Gasteiger partial charge in [-0.05, 0) is 24.7 Å². The molecule has 0 amide bonds. The Hall–Kier alpha value is -3.62. The molecule has 2 aromatic carbocycles. The first-order valence-corrected chi connectivity index (χ1v) is 11.4. The molecule has 1 unspecified atom stereocenters. The molecule has 1 atom stereocenters. The van der Waals surface area contributed by atoms with Crippen LogP contribution < -0.4 is 15.4 Å². The lowest BCUT2D eigenvalue weighted by molar-refractivity contribution is 0.292. The van der Waals surface area contributed by atoms with Gasteiger partial charge in [-0.1, -0.05) is 41.9 Å². The molecule has 0 saturated carbocycles. The summed E-state index contributed by atoms with van der Waals surface area (Å²) in [5, 5.41) is 7.05. The van der Waals surface area contributed by atoms with Gasteiger partial charge in [-0.2, -0.15) is 4.98 Å². The lowest BCUT2D eigenvalue weighted by Crippen LogP contribution is -2.33. The van der Waals surface area contributed by atoms with Crippen LogP contribution in [0, 0.1) is 0 Å². The smallest absolute Gasteiger partial charge is 0.229 e. The maximum atomic E-state index is 5.99. The predicted molar refractivity (Wildman–Crippen MR) is 135 cm³/mol. The molecular weight excluding hydrogens is 450 g/mol. The molecular formula is C25H26ClN7O. The van der Waals surface area contributed by atoms with Crippen LogP contribution >= 0.6 is 11.6 Å². The number of nitrogens with one attached hydrogen (secondary N) is 2. The number of imidazole rings is 1. The topological polar surface area (TPSA) is 80.1 Å². The summed E-state index contributed by atoms with van der Waals surface area (Å²) in [4.78, 5) is 16.1. The zero-order valence-electron chi connectivity index (χ0n) is 19.3. The molecule has 5 rings (SSSR count). The van der Waals surface area contributed by atoms with Gasteiger partial charge in [-0.15, -0.1) is 0 Å². The Morgan fingerprint density at radius 1 is 1.12 bits per heavy atom. The number of likely N-dealkylation sites (N-methyl/N-ethyl adjacent to an activating group) is 1. The summed E-state index contributed by atoms with van der Waals surface area (Å²) < 4.78 is 7.44. The fraction of sp³-hybridized carbons (Fsp3) is 0.240. The van der Waals surface area contributed by atoms with E-state index in [0.717, 1.165) is 41.5 Å².